The number of nitrogen functional groups attached to an aromatic ring is 1. The summed E-state index contributed by atoms with van der Waals surface area (Å²) in [4.78, 5) is 0.0347. The van der Waals surface area contributed by atoms with Gasteiger partial charge in [0.2, 0.25) is 10.0 Å². The highest BCUT2D eigenvalue weighted by Gasteiger charge is 2.14. The van der Waals surface area contributed by atoms with Gasteiger partial charge in [-0.25, -0.2) is 18.6 Å². The first-order valence-corrected chi connectivity index (χ1v) is 7.03. The van der Waals surface area contributed by atoms with Crippen LogP contribution >= 0.6 is 0 Å². The van der Waals surface area contributed by atoms with Crippen LogP contribution in [0.5, 0.6) is 0 Å². The van der Waals surface area contributed by atoms with Gasteiger partial charge in [-0.2, -0.15) is 0 Å². The molecule has 1 heterocycles. The highest BCUT2D eigenvalue weighted by Crippen LogP contribution is 2.22. The summed E-state index contributed by atoms with van der Waals surface area (Å²) in [5.41, 5.74) is 9.86. The van der Waals surface area contributed by atoms with Crippen molar-refractivity contribution in [1.82, 2.24) is 5.01 Å². The summed E-state index contributed by atoms with van der Waals surface area (Å²) >= 11 is 0. The first-order chi connectivity index (χ1) is 8.47. The molecule has 1 aromatic carbocycles. The van der Waals surface area contributed by atoms with E-state index in [2.05, 4.69) is 5.43 Å². The van der Waals surface area contributed by atoms with E-state index in [0.717, 1.165) is 0 Å². The maximum atomic E-state index is 11.3. The highest BCUT2D eigenvalue weighted by molar-refractivity contribution is 7.89. The number of primary sulfonamides is 1. The molecule has 0 saturated carbocycles. The average molecular weight is 272 g/mol. The van der Waals surface area contributed by atoms with E-state index in [0.29, 0.717) is 37.7 Å². The monoisotopic (exact) mass is 272 g/mol. The molecule has 0 atom stereocenters. The normalized spacial score (nSPS) is 17.6. The Labute approximate surface area is 106 Å². The number of sulfonamides is 1. The van der Waals surface area contributed by atoms with Crippen molar-refractivity contribution in [1.29, 1.82) is 0 Å². The van der Waals surface area contributed by atoms with E-state index in [1.807, 2.05) is 5.01 Å². The molecule has 2 rings (SSSR count). The molecule has 0 amide bonds. The molecular weight excluding hydrogens is 256 g/mol. The van der Waals surface area contributed by atoms with Crippen molar-refractivity contribution in [3.05, 3.63) is 18.2 Å². The molecule has 1 aromatic rings. The van der Waals surface area contributed by atoms with Gasteiger partial charge in [0.15, 0.2) is 0 Å². The van der Waals surface area contributed by atoms with Gasteiger partial charge in [-0.05, 0) is 18.2 Å². The number of nitrogens with zero attached hydrogens (tertiary/aromatic N) is 1. The molecule has 1 aliphatic rings. The fraction of sp³-hybridized carbons (Fsp3) is 0.400. The second-order valence-electron chi connectivity index (χ2n) is 4.01. The van der Waals surface area contributed by atoms with Crippen LogP contribution in [-0.4, -0.2) is 39.7 Å². The summed E-state index contributed by atoms with van der Waals surface area (Å²) in [6.07, 6.45) is 0. The van der Waals surface area contributed by atoms with Crippen LogP contribution in [0.25, 0.3) is 0 Å². The van der Waals surface area contributed by atoms with Crippen LogP contribution in [0.3, 0.4) is 0 Å². The van der Waals surface area contributed by atoms with Crippen molar-refractivity contribution in [2.75, 3.05) is 37.5 Å². The van der Waals surface area contributed by atoms with Gasteiger partial charge < -0.3 is 15.9 Å². The summed E-state index contributed by atoms with van der Waals surface area (Å²) in [7, 11) is -3.72. The van der Waals surface area contributed by atoms with Crippen LogP contribution in [0.1, 0.15) is 0 Å². The third kappa shape index (κ3) is 3.10. The highest BCUT2D eigenvalue weighted by atomic mass is 32.2. The summed E-state index contributed by atoms with van der Waals surface area (Å²) < 4.78 is 27.7. The Morgan fingerprint density at radius 2 is 1.94 bits per heavy atom. The van der Waals surface area contributed by atoms with Crippen molar-refractivity contribution in [2.24, 2.45) is 5.14 Å². The minimum atomic E-state index is -3.72. The molecule has 100 valence electrons. The lowest BCUT2D eigenvalue weighted by Crippen LogP contribution is -2.40. The van der Waals surface area contributed by atoms with Crippen molar-refractivity contribution >= 4 is 21.4 Å². The smallest absolute Gasteiger partial charge is 0.238 e. The van der Waals surface area contributed by atoms with Crippen molar-refractivity contribution < 1.29 is 13.2 Å². The number of hydrazine groups is 1. The zero-order valence-corrected chi connectivity index (χ0v) is 10.6. The van der Waals surface area contributed by atoms with E-state index >= 15 is 0 Å². The molecule has 0 bridgehead atoms. The second-order valence-corrected chi connectivity index (χ2v) is 5.57. The lowest BCUT2D eigenvalue weighted by Gasteiger charge is -2.28. The number of anilines is 2. The lowest BCUT2D eigenvalue weighted by molar-refractivity contribution is 0.0497. The maximum Gasteiger partial charge on any atom is 0.238 e. The summed E-state index contributed by atoms with van der Waals surface area (Å²) in [6.45, 7) is 2.67. The van der Waals surface area contributed by atoms with Gasteiger partial charge in [-0.1, -0.05) is 0 Å². The minimum absolute atomic E-state index is 0.0347. The van der Waals surface area contributed by atoms with Gasteiger partial charge in [0, 0.05) is 13.1 Å². The number of nitrogens with one attached hydrogen (secondary N) is 1. The van der Waals surface area contributed by atoms with Crippen molar-refractivity contribution in [2.45, 2.75) is 4.90 Å². The molecule has 18 heavy (non-hydrogen) atoms. The first kappa shape index (κ1) is 13.1. The Bertz CT molecular complexity index is 526. The Balaban J connectivity index is 2.21. The van der Waals surface area contributed by atoms with E-state index in [1.54, 1.807) is 0 Å². The van der Waals surface area contributed by atoms with Gasteiger partial charge in [0.1, 0.15) is 0 Å². The molecule has 0 unspecified atom stereocenters. The number of hydrogen-bond acceptors (Lipinski definition) is 6. The third-order valence-corrected chi connectivity index (χ3v) is 3.55. The number of nitrogens with two attached hydrogens (primary N) is 2. The van der Waals surface area contributed by atoms with E-state index in [4.69, 9.17) is 15.6 Å². The number of morpholine rings is 1. The van der Waals surface area contributed by atoms with Crippen LogP contribution in [0.4, 0.5) is 11.4 Å². The van der Waals surface area contributed by atoms with Crippen LogP contribution < -0.4 is 16.3 Å². The zero-order chi connectivity index (χ0) is 13.2. The standard InChI is InChI=1S/C10H16N4O3S/c11-9-2-1-8(18(12,15)16)7-10(9)13-14-3-5-17-6-4-14/h1-2,7,13H,3-6,11H2,(H2,12,15,16). The largest absolute Gasteiger partial charge is 0.397 e. The second kappa shape index (κ2) is 5.11. The number of ether oxygens (including phenoxy) is 1. The van der Waals surface area contributed by atoms with E-state index < -0.39 is 10.0 Å². The van der Waals surface area contributed by atoms with Gasteiger partial charge in [0.05, 0.1) is 29.5 Å². The molecule has 0 aliphatic carbocycles. The summed E-state index contributed by atoms with van der Waals surface area (Å²) in [5.74, 6) is 0. The molecule has 5 N–H and O–H groups in total. The Kier molecular flexibility index (Phi) is 3.71. The van der Waals surface area contributed by atoms with Crippen molar-refractivity contribution in [3.63, 3.8) is 0 Å². The molecule has 1 saturated heterocycles. The average Bonchev–Trinajstić information content (AvgIpc) is 2.32. The summed E-state index contributed by atoms with van der Waals surface area (Å²) in [5, 5.41) is 7.00. The molecule has 0 radical (unpaired) electrons. The number of hydrogen-bond donors (Lipinski definition) is 3. The van der Waals surface area contributed by atoms with Crippen LogP contribution in [0, 0.1) is 0 Å². The number of benzene rings is 1. The first-order valence-electron chi connectivity index (χ1n) is 5.48. The van der Waals surface area contributed by atoms with E-state index in [9.17, 15) is 8.42 Å². The third-order valence-electron chi connectivity index (χ3n) is 2.64. The predicted molar refractivity (Wildman–Crippen MR) is 68.2 cm³/mol. The van der Waals surface area contributed by atoms with E-state index in [-0.39, 0.29) is 4.90 Å². The Morgan fingerprint density at radius 1 is 1.28 bits per heavy atom. The molecular formula is C10H16N4O3S. The van der Waals surface area contributed by atoms with Gasteiger partial charge in [-0.15, -0.1) is 0 Å². The maximum absolute atomic E-state index is 11.3. The molecule has 0 aromatic heterocycles. The topological polar surface area (TPSA) is 111 Å². The molecule has 7 nitrogen and oxygen atoms in total. The fourth-order valence-corrected chi connectivity index (χ4v) is 2.19. The van der Waals surface area contributed by atoms with Gasteiger partial charge in [-0.3, -0.25) is 0 Å². The van der Waals surface area contributed by atoms with Crippen molar-refractivity contribution in [3.8, 4) is 0 Å². The Hall–Kier alpha value is -1.35. The number of rotatable bonds is 3. The minimum Gasteiger partial charge on any atom is -0.397 e. The van der Waals surface area contributed by atoms with Gasteiger partial charge in [0.25, 0.3) is 0 Å². The predicted octanol–water partition coefficient (Wildman–Crippen LogP) is -0.425. The molecule has 0 spiro atoms. The SMILES string of the molecule is Nc1ccc(S(N)(=O)=O)cc1NN1CCOCC1. The summed E-state index contributed by atoms with van der Waals surface area (Å²) in [6, 6.07) is 4.33. The quantitative estimate of drug-likeness (QED) is 0.644. The molecule has 1 fully saturated rings. The Morgan fingerprint density at radius 3 is 2.56 bits per heavy atom. The lowest BCUT2D eigenvalue weighted by atomic mass is 10.3. The fourth-order valence-electron chi connectivity index (χ4n) is 1.65. The van der Waals surface area contributed by atoms with Crippen LogP contribution in [-0.2, 0) is 14.8 Å². The van der Waals surface area contributed by atoms with Gasteiger partial charge >= 0.3 is 0 Å². The van der Waals surface area contributed by atoms with E-state index in [1.165, 1.54) is 18.2 Å². The molecule has 8 heteroatoms. The zero-order valence-electron chi connectivity index (χ0n) is 9.80. The van der Waals surface area contributed by atoms with Crippen LogP contribution in [0.15, 0.2) is 23.1 Å². The molecule has 1 aliphatic heterocycles. The van der Waals surface area contributed by atoms with Crippen LogP contribution in [0.2, 0.25) is 0 Å².